The molecule has 2 heterocycles. The van der Waals surface area contributed by atoms with E-state index in [1.54, 1.807) is 0 Å². The van der Waals surface area contributed by atoms with Crippen LogP contribution in [0.3, 0.4) is 0 Å². The Kier molecular flexibility index (Phi) is 5.36. The third kappa shape index (κ3) is 3.94. The molecule has 0 saturated carbocycles. The number of benzene rings is 1. The Labute approximate surface area is 142 Å². The molecule has 1 aromatic heterocycles. The first kappa shape index (κ1) is 16.5. The Balaban J connectivity index is 1.68. The van der Waals surface area contributed by atoms with Gasteiger partial charge >= 0.3 is 0 Å². The SMILES string of the molecule is CCn1cc(CCNC2(c3ccc(Cl)cc3)CCOCC2)cn1. The van der Waals surface area contributed by atoms with Crippen molar-refractivity contribution < 1.29 is 4.74 Å². The van der Waals surface area contributed by atoms with Gasteiger partial charge in [-0.1, -0.05) is 23.7 Å². The maximum absolute atomic E-state index is 6.04. The van der Waals surface area contributed by atoms with E-state index in [1.165, 1.54) is 11.1 Å². The summed E-state index contributed by atoms with van der Waals surface area (Å²) in [6.07, 6.45) is 7.05. The topological polar surface area (TPSA) is 39.1 Å². The predicted molar refractivity (Wildman–Crippen MR) is 92.8 cm³/mol. The number of rotatable bonds is 6. The van der Waals surface area contributed by atoms with E-state index >= 15 is 0 Å². The number of aromatic nitrogens is 2. The van der Waals surface area contributed by atoms with Crippen molar-refractivity contribution in [3.05, 3.63) is 52.8 Å². The number of nitrogens with one attached hydrogen (secondary N) is 1. The molecule has 0 aliphatic carbocycles. The minimum absolute atomic E-state index is 0.0103. The van der Waals surface area contributed by atoms with E-state index in [-0.39, 0.29) is 5.54 Å². The van der Waals surface area contributed by atoms with Crippen molar-refractivity contribution in [3.8, 4) is 0 Å². The highest BCUT2D eigenvalue weighted by Crippen LogP contribution is 2.32. The number of nitrogens with zero attached hydrogens (tertiary/aromatic N) is 2. The highest BCUT2D eigenvalue weighted by atomic mass is 35.5. The van der Waals surface area contributed by atoms with Gasteiger partial charge in [-0.3, -0.25) is 4.68 Å². The van der Waals surface area contributed by atoms with Crippen molar-refractivity contribution in [2.24, 2.45) is 0 Å². The summed E-state index contributed by atoms with van der Waals surface area (Å²) in [6, 6.07) is 8.22. The quantitative estimate of drug-likeness (QED) is 0.880. The molecule has 4 nitrogen and oxygen atoms in total. The number of ether oxygens (including phenoxy) is 1. The summed E-state index contributed by atoms with van der Waals surface area (Å²) in [5.41, 5.74) is 2.57. The van der Waals surface area contributed by atoms with Crippen LogP contribution in [0.1, 0.15) is 30.9 Å². The van der Waals surface area contributed by atoms with Crippen LogP contribution in [-0.2, 0) is 23.2 Å². The van der Waals surface area contributed by atoms with Gasteiger partial charge in [0.05, 0.1) is 6.20 Å². The van der Waals surface area contributed by atoms with Crippen LogP contribution in [0, 0.1) is 0 Å². The highest BCUT2D eigenvalue weighted by molar-refractivity contribution is 6.30. The van der Waals surface area contributed by atoms with Gasteiger partial charge in [-0.15, -0.1) is 0 Å². The monoisotopic (exact) mass is 333 g/mol. The standard InChI is InChI=1S/C18H24ClN3O/c1-2-22-14-15(13-21-22)7-10-20-18(8-11-23-12-9-18)16-3-5-17(19)6-4-16/h3-6,13-14,20H,2,7-12H2,1H3. The van der Waals surface area contributed by atoms with E-state index in [9.17, 15) is 0 Å². The number of halogens is 1. The van der Waals surface area contributed by atoms with Crippen LogP contribution in [0.5, 0.6) is 0 Å². The van der Waals surface area contributed by atoms with E-state index in [1.807, 2.05) is 23.0 Å². The fraction of sp³-hybridized carbons (Fsp3) is 0.500. The predicted octanol–water partition coefficient (Wildman–Crippen LogP) is 3.39. The molecule has 1 saturated heterocycles. The van der Waals surface area contributed by atoms with Crippen molar-refractivity contribution in [1.82, 2.24) is 15.1 Å². The summed E-state index contributed by atoms with van der Waals surface area (Å²) < 4.78 is 7.54. The van der Waals surface area contributed by atoms with Gasteiger partial charge in [0.15, 0.2) is 0 Å². The van der Waals surface area contributed by atoms with Gasteiger partial charge in [-0.2, -0.15) is 5.10 Å². The maximum Gasteiger partial charge on any atom is 0.0522 e. The van der Waals surface area contributed by atoms with Gasteiger partial charge < -0.3 is 10.1 Å². The molecule has 0 radical (unpaired) electrons. The first-order valence-electron chi connectivity index (χ1n) is 8.32. The average molecular weight is 334 g/mol. The molecule has 0 spiro atoms. The van der Waals surface area contributed by atoms with Crippen molar-refractivity contribution in [3.63, 3.8) is 0 Å². The van der Waals surface area contributed by atoms with Crippen LogP contribution in [0.25, 0.3) is 0 Å². The maximum atomic E-state index is 6.04. The first-order chi connectivity index (χ1) is 11.2. The van der Waals surface area contributed by atoms with Crippen LogP contribution < -0.4 is 5.32 Å². The van der Waals surface area contributed by atoms with Gasteiger partial charge in [-0.05, 0) is 49.4 Å². The Morgan fingerprint density at radius 2 is 2.00 bits per heavy atom. The third-order valence-electron chi connectivity index (χ3n) is 4.63. The second-order valence-electron chi connectivity index (χ2n) is 6.08. The van der Waals surface area contributed by atoms with Gasteiger partial charge in [0.1, 0.15) is 0 Å². The molecule has 1 N–H and O–H groups in total. The Morgan fingerprint density at radius 1 is 1.26 bits per heavy atom. The molecule has 0 bridgehead atoms. The van der Waals surface area contributed by atoms with E-state index in [0.29, 0.717) is 0 Å². The van der Waals surface area contributed by atoms with Crippen LogP contribution >= 0.6 is 11.6 Å². The molecule has 3 rings (SSSR count). The second kappa shape index (κ2) is 7.47. The molecule has 1 aromatic carbocycles. The smallest absolute Gasteiger partial charge is 0.0522 e. The normalized spacial score (nSPS) is 17.3. The zero-order valence-electron chi connectivity index (χ0n) is 13.6. The molecular weight excluding hydrogens is 310 g/mol. The molecular formula is C18H24ClN3O. The van der Waals surface area contributed by atoms with Crippen molar-refractivity contribution in [2.45, 2.75) is 38.3 Å². The molecule has 0 amide bonds. The molecule has 1 aliphatic heterocycles. The Morgan fingerprint density at radius 3 is 2.65 bits per heavy atom. The third-order valence-corrected chi connectivity index (χ3v) is 4.88. The largest absolute Gasteiger partial charge is 0.381 e. The first-order valence-corrected chi connectivity index (χ1v) is 8.70. The van der Waals surface area contributed by atoms with E-state index in [0.717, 1.165) is 50.6 Å². The zero-order valence-corrected chi connectivity index (χ0v) is 14.4. The molecule has 0 atom stereocenters. The van der Waals surface area contributed by atoms with Gasteiger partial charge in [-0.25, -0.2) is 0 Å². The number of hydrogen-bond donors (Lipinski definition) is 1. The molecule has 5 heteroatoms. The fourth-order valence-corrected chi connectivity index (χ4v) is 3.34. The summed E-state index contributed by atoms with van der Waals surface area (Å²) in [6.45, 7) is 5.54. The summed E-state index contributed by atoms with van der Waals surface area (Å²) in [5, 5.41) is 8.91. The lowest BCUT2D eigenvalue weighted by molar-refractivity contribution is 0.0369. The summed E-state index contributed by atoms with van der Waals surface area (Å²) in [7, 11) is 0. The van der Waals surface area contributed by atoms with Gasteiger partial charge in [0.2, 0.25) is 0 Å². The van der Waals surface area contributed by atoms with Gasteiger partial charge in [0, 0.05) is 43.1 Å². The molecule has 1 fully saturated rings. The molecule has 2 aromatic rings. The lowest BCUT2D eigenvalue weighted by Gasteiger charge is -2.39. The van der Waals surface area contributed by atoms with Crippen LogP contribution in [-0.4, -0.2) is 29.5 Å². The second-order valence-corrected chi connectivity index (χ2v) is 6.52. The molecule has 0 unspecified atom stereocenters. The zero-order chi connectivity index (χ0) is 16.1. The van der Waals surface area contributed by atoms with Crippen molar-refractivity contribution in [1.29, 1.82) is 0 Å². The highest BCUT2D eigenvalue weighted by Gasteiger charge is 2.33. The fourth-order valence-electron chi connectivity index (χ4n) is 3.21. The number of aryl methyl sites for hydroxylation is 1. The lowest BCUT2D eigenvalue weighted by atomic mass is 9.82. The van der Waals surface area contributed by atoms with Crippen molar-refractivity contribution >= 4 is 11.6 Å². The van der Waals surface area contributed by atoms with Crippen LogP contribution in [0.2, 0.25) is 5.02 Å². The molecule has 124 valence electrons. The molecule has 23 heavy (non-hydrogen) atoms. The van der Waals surface area contributed by atoms with E-state index < -0.39 is 0 Å². The van der Waals surface area contributed by atoms with Crippen LogP contribution in [0.4, 0.5) is 0 Å². The van der Waals surface area contributed by atoms with E-state index in [2.05, 4.69) is 35.7 Å². The minimum Gasteiger partial charge on any atom is -0.381 e. The Bertz CT molecular complexity index is 617. The van der Waals surface area contributed by atoms with Crippen molar-refractivity contribution in [2.75, 3.05) is 19.8 Å². The Hall–Kier alpha value is -1.36. The van der Waals surface area contributed by atoms with E-state index in [4.69, 9.17) is 16.3 Å². The summed E-state index contributed by atoms with van der Waals surface area (Å²) >= 11 is 6.04. The molecule has 1 aliphatic rings. The average Bonchev–Trinajstić information content (AvgIpc) is 3.04. The van der Waals surface area contributed by atoms with Crippen LogP contribution in [0.15, 0.2) is 36.7 Å². The number of hydrogen-bond acceptors (Lipinski definition) is 3. The summed E-state index contributed by atoms with van der Waals surface area (Å²) in [4.78, 5) is 0. The lowest BCUT2D eigenvalue weighted by Crippen LogP contribution is -2.47. The van der Waals surface area contributed by atoms with Gasteiger partial charge in [0.25, 0.3) is 0 Å². The summed E-state index contributed by atoms with van der Waals surface area (Å²) in [5.74, 6) is 0. The minimum atomic E-state index is -0.0103.